The second kappa shape index (κ2) is 8.74. The lowest BCUT2D eigenvalue weighted by molar-refractivity contribution is -0.119. The monoisotopic (exact) mass is 418 g/mol. The fourth-order valence-corrected chi connectivity index (χ4v) is 3.04. The van der Waals surface area contributed by atoms with E-state index in [0.29, 0.717) is 23.1 Å². The van der Waals surface area contributed by atoms with Crippen LogP contribution in [-0.4, -0.2) is 33.2 Å². The number of hydrogen-bond acceptors (Lipinski definition) is 5. The smallest absolute Gasteiger partial charge is 0.340 e. The number of carbonyl (C=O) groups is 2. The minimum atomic E-state index is -0.685. The van der Waals surface area contributed by atoms with Gasteiger partial charge in [-0.15, -0.1) is 0 Å². The van der Waals surface area contributed by atoms with Crippen LogP contribution >= 0.6 is 0 Å². The predicted octanol–water partition coefficient (Wildman–Crippen LogP) is 3.72. The third-order valence-corrected chi connectivity index (χ3v) is 4.68. The molecule has 0 aliphatic heterocycles. The number of anilines is 1. The highest BCUT2D eigenvalue weighted by molar-refractivity contribution is 5.96. The van der Waals surface area contributed by atoms with E-state index < -0.39 is 24.3 Å². The summed E-state index contributed by atoms with van der Waals surface area (Å²) in [6.45, 7) is 1.68. The molecule has 8 heteroatoms. The van der Waals surface area contributed by atoms with E-state index in [4.69, 9.17) is 4.74 Å². The number of halogens is 1. The van der Waals surface area contributed by atoms with Gasteiger partial charge in [-0.1, -0.05) is 36.4 Å². The molecule has 156 valence electrons. The molecule has 0 fully saturated rings. The molecule has 0 bridgehead atoms. The zero-order valence-electron chi connectivity index (χ0n) is 16.7. The number of pyridine rings is 1. The third kappa shape index (κ3) is 4.75. The summed E-state index contributed by atoms with van der Waals surface area (Å²) < 4.78 is 20.4. The normalized spacial score (nSPS) is 10.8. The third-order valence-electron chi connectivity index (χ3n) is 4.68. The van der Waals surface area contributed by atoms with Crippen LogP contribution in [0.3, 0.4) is 0 Å². The summed E-state index contributed by atoms with van der Waals surface area (Å²) in [4.78, 5) is 28.6. The summed E-state index contributed by atoms with van der Waals surface area (Å²) in [5, 5.41) is 7.51. The van der Waals surface area contributed by atoms with Crippen LogP contribution in [-0.2, 0) is 16.1 Å². The maximum atomic E-state index is 13.6. The van der Waals surface area contributed by atoms with Crippen LogP contribution in [0.1, 0.15) is 21.5 Å². The van der Waals surface area contributed by atoms with Gasteiger partial charge >= 0.3 is 5.97 Å². The standard InChI is InChI=1S/C23H19FN4O3/c1-15-7-8-19(10-20(15)24)27-21(29)14-31-23(30)18-9-17-12-26-28(22(17)25-11-18)13-16-5-3-2-4-6-16/h2-12H,13-14H2,1H3,(H,27,29). The molecule has 2 aromatic heterocycles. The second-order valence-corrected chi connectivity index (χ2v) is 7.01. The van der Waals surface area contributed by atoms with Crippen molar-refractivity contribution in [3.05, 3.63) is 89.5 Å². The van der Waals surface area contributed by atoms with Gasteiger partial charge in [-0.3, -0.25) is 4.79 Å². The molecule has 0 radical (unpaired) electrons. The molecule has 4 aromatic rings. The molecule has 2 aromatic carbocycles. The number of nitrogens with zero attached hydrogens (tertiary/aromatic N) is 3. The molecule has 7 nitrogen and oxygen atoms in total. The topological polar surface area (TPSA) is 86.1 Å². The average Bonchev–Trinajstić information content (AvgIpc) is 3.17. The highest BCUT2D eigenvalue weighted by atomic mass is 19.1. The van der Waals surface area contributed by atoms with E-state index in [1.807, 2.05) is 30.3 Å². The molecular weight excluding hydrogens is 399 g/mol. The highest BCUT2D eigenvalue weighted by Crippen LogP contribution is 2.16. The number of ether oxygens (including phenoxy) is 1. The largest absolute Gasteiger partial charge is 0.452 e. The van der Waals surface area contributed by atoms with Gasteiger partial charge in [0.2, 0.25) is 0 Å². The maximum Gasteiger partial charge on any atom is 0.340 e. The Hall–Kier alpha value is -4.07. The molecule has 1 N–H and O–H groups in total. The van der Waals surface area contributed by atoms with Crippen LogP contribution in [0.5, 0.6) is 0 Å². The van der Waals surface area contributed by atoms with Gasteiger partial charge in [0.15, 0.2) is 12.3 Å². The van der Waals surface area contributed by atoms with Crippen molar-refractivity contribution in [1.29, 1.82) is 0 Å². The first-order chi connectivity index (χ1) is 15.0. The van der Waals surface area contributed by atoms with Crippen LogP contribution < -0.4 is 5.32 Å². The minimum absolute atomic E-state index is 0.209. The van der Waals surface area contributed by atoms with Gasteiger partial charge in [0.1, 0.15) is 5.82 Å². The summed E-state index contributed by atoms with van der Waals surface area (Å²) >= 11 is 0. The molecule has 0 saturated carbocycles. The SMILES string of the molecule is Cc1ccc(NC(=O)COC(=O)c2cnc3c(cnn3Cc3ccccc3)c2)cc1F. The van der Waals surface area contributed by atoms with Gasteiger partial charge in [0.25, 0.3) is 5.91 Å². The van der Waals surface area contributed by atoms with Crippen molar-refractivity contribution in [2.24, 2.45) is 0 Å². The van der Waals surface area contributed by atoms with E-state index in [1.165, 1.54) is 12.3 Å². The van der Waals surface area contributed by atoms with Crippen molar-refractivity contribution in [3.8, 4) is 0 Å². The van der Waals surface area contributed by atoms with E-state index >= 15 is 0 Å². The Balaban J connectivity index is 1.38. The van der Waals surface area contributed by atoms with Crippen LogP contribution in [0.4, 0.5) is 10.1 Å². The molecule has 31 heavy (non-hydrogen) atoms. The lowest BCUT2D eigenvalue weighted by atomic mass is 10.2. The first-order valence-corrected chi connectivity index (χ1v) is 9.58. The Morgan fingerprint density at radius 3 is 2.68 bits per heavy atom. The first kappa shape index (κ1) is 20.2. The van der Waals surface area contributed by atoms with Crippen molar-refractivity contribution >= 4 is 28.6 Å². The Labute approximate surface area is 177 Å². The molecular formula is C23H19FN4O3. The minimum Gasteiger partial charge on any atom is -0.452 e. The van der Waals surface area contributed by atoms with Gasteiger partial charge in [-0.25, -0.2) is 18.9 Å². The van der Waals surface area contributed by atoms with Crippen molar-refractivity contribution in [1.82, 2.24) is 14.8 Å². The number of amides is 1. The van der Waals surface area contributed by atoms with Crippen LogP contribution in [0.2, 0.25) is 0 Å². The predicted molar refractivity (Wildman–Crippen MR) is 113 cm³/mol. The molecule has 2 heterocycles. The Morgan fingerprint density at radius 1 is 1.10 bits per heavy atom. The summed E-state index contributed by atoms with van der Waals surface area (Å²) in [5.41, 5.74) is 2.69. The molecule has 0 unspecified atom stereocenters. The maximum absolute atomic E-state index is 13.6. The number of esters is 1. The number of carbonyl (C=O) groups excluding carboxylic acids is 2. The number of aryl methyl sites for hydroxylation is 1. The number of rotatable bonds is 6. The molecule has 0 spiro atoms. The van der Waals surface area contributed by atoms with Crippen LogP contribution in [0.25, 0.3) is 11.0 Å². The number of nitrogens with one attached hydrogen (secondary N) is 1. The fraction of sp³-hybridized carbons (Fsp3) is 0.130. The van der Waals surface area contributed by atoms with E-state index in [-0.39, 0.29) is 11.3 Å². The van der Waals surface area contributed by atoms with E-state index in [9.17, 15) is 14.0 Å². The van der Waals surface area contributed by atoms with Crippen molar-refractivity contribution in [2.75, 3.05) is 11.9 Å². The Bertz CT molecular complexity index is 1250. The quantitative estimate of drug-likeness (QED) is 0.482. The van der Waals surface area contributed by atoms with Gasteiger partial charge in [0.05, 0.1) is 18.3 Å². The summed E-state index contributed by atoms with van der Waals surface area (Å²) in [6, 6.07) is 15.8. The molecule has 4 rings (SSSR count). The van der Waals surface area contributed by atoms with Crippen molar-refractivity contribution < 1.29 is 18.7 Å². The van der Waals surface area contributed by atoms with Crippen LogP contribution in [0, 0.1) is 12.7 Å². The molecule has 0 aliphatic rings. The molecule has 0 saturated heterocycles. The lowest BCUT2D eigenvalue weighted by Crippen LogP contribution is -2.21. The van der Waals surface area contributed by atoms with E-state index in [2.05, 4.69) is 15.4 Å². The highest BCUT2D eigenvalue weighted by Gasteiger charge is 2.14. The zero-order chi connectivity index (χ0) is 21.8. The Morgan fingerprint density at radius 2 is 1.90 bits per heavy atom. The molecule has 1 amide bonds. The number of aromatic nitrogens is 3. The Kier molecular flexibility index (Phi) is 5.70. The number of fused-ring (bicyclic) bond motifs is 1. The van der Waals surface area contributed by atoms with Crippen molar-refractivity contribution in [3.63, 3.8) is 0 Å². The number of benzene rings is 2. The average molecular weight is 418 g/mol. The van der Waals surface area contributed by atoms with Gasteiger partial charge < -0.3 is 10.1 Å². The van der Waals surface area contributed by atoms with Gasteiger partial charge in [0, 0.05) is 17.3 Å². The first-order valence-electron chi connectivity index (χ1n) is 9.58. The second-order valence-electron chi connectivity index (χ2n) is 7.01. The fourth-order valence-electron chi connectivity index (χ4n) is 3.04. The van der Waals surface area contributed by atoms with Crippen molar-refractivity contribution in [2.45, 2.75) is 13.5 Å². The summed E-state index contributed by atoms with van der Waals surface area (Å²) in [7, 11) is 0. The van der Waals surface area contributed by atoms with Gasteiger partial charge in [-0.2, -0.15) is 5.10 Å². The number of hydrogen-bond donors (Lipinski definition) is 1. The summed E-state index contributed by atoms with van der Waals surface area (Å²) in [5.74, 6) is -1.68. The zero-order valence-corrected chi connectivity index (χ0v) is 16.7. The molecule has 0 aliphatic carbocycles. The summed E-state index contributed by atoms with van der Waals surface area (Å²) in [6.07, 6.45) is 3.02. The molecule has 0 atom stereocenters. The van der Waals surface area contributed by atoms with Gasteiger partial charge in [-0.05, 0) is 36.2 Å². The van der Waals surface area contributed by atoms with Crippen LogP contribution in [0.15, 0.2) is 67.0 Å². The van der Waals surface area contributed by atoms with E-state index in [0.717, 1.165) is 5.56 Å². The van der Waals surface area contributed by atoms with E-state index in [1.54, 1.807) is 36.0 Å². The lowest BCUT2D eigenvalue weighted by Gasteiger charge is -2.08.